The van der Waals surface area contributed by atoms with Crippen LogP contribution in [0.4, 0.5) is 0 Å². The minimum absolute atomic E-state index is 0.00713. The second-order valence-corrected chi connectivity index (χ2v) is 10.7. The van der Waals surface area contributed by atoms with Crippen molar-refractivity contribution in [2.24, 2.45) is 5.92 Å². The summed E-state index contributed by atoms with van der Waals surface area (Å²) in [4.78, 5) is 15.3. The highest BCUT2D eigenvalue weighted by Gasteiger charge is 2.32. The summed E-state index contributed by atoms with van der Waals surface area (Å²) in [6.07, 6.45) is 4.06. The molecule has 2 aromatic carbocycles. The number of carbonyl (C=O) groups is 1. The van der Waals surface area contributed by atoms with Crippen LogP contribution in [-0.4, -0.2) is 26.2 Å². The first-order chi connectivity index (χ1) is 14.3. The Morgan fingerprint density at radius 2 is 1.93 bits per heavy atom. The van der Waals surface area contributed by atoms with Gasteiger partial charge in [-0.25, -0.2) is 0 Å². The van der Waals surface area contributed by atoms with Gasteiger partial charge in [-0.2, -0.15) is 0 Å². The van der Waals surface area contributed by atoms with Crippen molar-refractivity contribution in [1.82, 2.24) is 9.47 Å². The summed E-state index contributed by atoms with van der Waals surface area (Å²) < 4.78 is 3.83. The quantitative estimate of drug-likeness (QED) is 0.269. The van der Waals surface area contributed by atoms with Gasteiger partial charge in [0, 0.05) is 45.2 Å². The van der Waals surface area contributed by atoms with Crippen molar-refractivity contribution in [1.29, 1.82) is 0 Å². The standard InChI is InChI=1S/C23H20BrClN2OS2/c1-14(2)11-27-22(28)21(30-23(27)29)9-16-13-26(12-15-3-6-18(25)7-4-15)20-8-5-17(24)10-19(16)20/h3-10,13-14H,11-12H2,1-2H3/b21-9-. The number of benzene rings is 2. The van der Waals surface area contributed by atoms with E-state index in [0.29, 0.717) is 21.7 Å². The molecule has 0 saturated carbocycles. The van der Waals surface area contributed by atoms with Gasteiger partial charge >= 0.3 is 0 Å². The fourth-order valence-corrected chi connectivity index (χ4v) is 5.25. The van der Waals surface area contributed by atoms with Gasteiger partial charge in [0.05, 0.1) is 4.91 Å². The summed E-state index contributed by atoms with van der Waals surface area (Å²) in [7, 11) is 0. The largest absolute Gasteiger partial charge is 0.342 e. The van der Waals surface area contributed by atoms with E-state index < -0.39 is 0 Å². The van der Waals surface area contributed by atoms with Gasteiger partial charge < -0.3 is 4.57 Å². The molecule has 7 heteroatoms. The van der Waals surface area contributed by atoms with E-state index in [1.54, 1.807) is 4.90 Å². The second-order valence-electron chi connectivity index (χ2n) is 7.69. The Morgan fingerprint density at radius 3 is 2.63 bits per heavy atom. The molecule has 0 aliphatic carbocycles. The zero-order valence-corrected chi connectivity index (χ0v) is 20.5. The maximum Gasteiger partial charge on any atom is 0.266 e. The summed E-state index contributed by atoms with van der Waals surface area (Å²) in [5.41, 5.74) is 3.27. The van der Waals surface area contributed by atoms with E-state index in [0.717, 1.165) is 38.1 Å². The van der Waals surface area contributed by atoms with Crippen LogP contribution in [0.25, 0.3) is 17.0 Å². The molecule has 0 spiro atoms. The van der Waals surface area contributed by atoms with Crippen LogP contribution in [0.5, 0.6) is 0 Å². The summed E-state index contributed by atoms with van der Waals surface area (Å²) >= 11 is 16.4. The lowest BCUT2D eigenvalue weighted by molar-refractivity contribution is -0.122. The molecule has 3 aromatic rings. The summed E-state index contributed by atoms with van der Waals surface area (Å²) in [5.74, 6) is 0.358. The van der Waals surface area contributed by atoms with Crippen molar-refractivity contribution in [2.45, 2.75) is 20.4 Å². The molecule has 0 unspecified atom stereocenters. The number of halogens is 2. The SMILES string of the molecule is CC(C)CN1C(=O)/C(=C/c2cn(Cc3ccc(Cl)cc3)c3ccc(Br)cc23)SC1=S. The van der Waals surface area contributed by atoms with Crippen LogP contribution in [0.15, 0.2) is 58.0 Å². The van der Waals surface area contributed by atoms with Gasteiger partial charge in [0.15, 0.2) is 0 Å². The molecule has 1 aromatic heterocycles. The first kappa shape index (κ1) is 21.6. The van der Waals surface area contributed by atoms with Crippen molar-refractivity contribution in [3.05, 3.63) is 74.2 Å². The molecule has 1 aliphatic rings. The van der Waals surface area contributed by atoms with Crippen LogP contribution in [0.1, 0.15) is 25.0 Å². The molecule has 0 N–H and O–H groups in total. The third-order valence-corrected chi connectivity index (χ3v) is 6.97. The maximum atomic E-state index is 12.9. The molecule has 2 heterocycles. The number of thiocarbonyl (C=S) groups is 1. The zero-order valence-electron chi connectivity index (χ0n) is 16.6. The molecule has 0 radical (unpaired) electrons. The average Bonchev–Trinajstić information content (AvgIpc) is 3.15. The number of nitrogens with zero attached hydrogens (tertiary/aromatic N) is 2. The summed E-state index contributed by atoms with van der Waals surface area (Å²) in [5, 5.41) is 1.82. The Kier molecular flexibility index (Phi) is 6.39. The normalized spacial score (nSPS) is 15.9. The number of thioether (sulfide) groups is 1. The molecule has 0 atom stereocenters. The molecule has 3 nitrogen and oxygen atoms in total. The van der Waals surface area contributed by atoms with E-state index in [2.05, 4.69) is 52.7 Å². The molecular formula is C23H20BrClN2OS2. The summed E-state index contributed by atoms with van der Waals surface area (Å²) in [6, 6.07) is 14.1. The average molecular weight is 520 g/mol. The predicted molar refractivity (Wildman–Crippen MR) is 135 cm³/mol. The lowest BCUT2D eigenvalue weighted by atomic mass is 10.1. The van der Waals surface area contributed by atoms with Crippen molar-refractivity contribution >= 4 is 78.7 Å². The van der Waals surface area contributed by atoms with Crippen LogP contribution in [0.2, 0.25) is 5.02 Å². The lowest BCUT2D eigenvalue weighted by Gasteiger charge is -2.16. The van der Waals surface area contributed by atoms with E-state index in [1.165, 1.54) is 11.8 Å². The van der Waals surface area contributed by atoms with Gasteiger partial charge in [0.2, 0.25) is 0 Å². The highest BCUT2D eigenvalue weighted by molar-refractivity contribution is 9.10. The topological polar surface area (TPSA) is 25.2 Å². The Labute approximate surface area is 199 Å². The molecular weight excluding hydrogens is 500 g/mol. The molecule has 1 saturated heterocycles. The highest BCUT2D eigenvalue weighted by atomic mass is 79.9. The number of rotatable bonds is 5. The predicted octanol–water partition coefficient (Wildman–Crippen LogP) is 6.96. The van der Waals surface area contributed by atoms with Gasteiger partial charge in [-0.05, 0) is 47.9 Å². The van der Waals surface area contributed by atoms with Gasteiger partial charge in [0.1, 0.15) is 4.32 Å². The number of carbonyl (C=O) groups excluding carboxylic acids is 1. The molecule has 1 amide bonds. The molecule has 30 heavy (non-hydrogen) atoms. The van der Waals surface area contributed by atoms with Crippen LogP contribution in [-0.2, 0) is 11.3 Å². The minimum Gasteiger partial charge on any atom is -0.342 e. The number of hydrogen-bond acceptors (Lipinski definition) is 3. The van der Waals surface area contributed by atoms with E-state index in [1.807, 2.05) is 36.4 Å². The van der Waals surface area contributed by atoms with Crippen molar-refractivity contribution in [3.8, 4) is 0 Å². The van der Waals surface area contributed by atoms with Gasteiger partial charge in [0.25, 0.3) is 5.91 Å². The monoisotopic (exact) mass is 518 g/mol. The third kappa shape index (κ3) is 4.52. The fourth-order valence-electron chi connectivity index (χ4n) is 3.49. The Bertz CT molecular complexity index is 1170. The Hall–Kier alpha value is -1.60. The summed E-state index contributed by atoms with van der Waals surface area (Å²) in [6.45, 7) is 5.54. The van der Waals surface area contributed by atoms with Crippen LogP contribution < -0.4 is 0 Å². The zero-order chi connectivity index (χ0) is 21.4. The number of amides is 1. The Balaban J connectivity index is 1.73. The van der Waals surface area contributed by atoms with E-state index in [9.17, 15) is 4.79 Å². The minimum atomic E-state index is -0.00713. The van der Waals surface area contributed by atoms with Crippen molar-refractivity contribution < 1.29 is 4.79 Å². The Morgan fingerprint density at radius 1 is 1.20 bits per heavy atom. The third-order valence-electron chi connectivity index (χ3n) is 4.85. The number of fused-ring (bicyclic) bond motifs is 1. The van der Waals surface area contributed by atoms with Crippen LogP contribution >= 0.6 is 51.5 Å². The smallest absolute Gasteiger partial charge is 0.266 e. The highest BCUT2D eigenvalue weighted by Crippen LogP contribution is 2.35. The van der Waals surface area contributed by atoms with E-state index in [4.69, 9.17) is 23.8 Å². The number of hydrogen-bond donors (Lipinski definition) is 0. The van der Waals surface area contributed by atoms with Crippen molar-refractivity contribution in [3.63, 3.8) is 0 Å². The van der Waals surface area contributed by atoms with Crippen molar-refractivity contribution in [2.75, 3.05) is 6.54 Å². The van der Waals surface area contributed by atoms with Gasteiger partial charge in [-0.3, -0.25) is 9.69 Å². The molecule has 1 fully saturated rings. The second kappa shape index (κ2) is 8.87. The van der Waals surface area contributed by atoms with Crippen LogP contribution in [0, 0.1) is 5.92 Å². The molecule has 154 valence electrons. The van der Waals surface area contributed by atoms with Gasteiger partial charge in [-0.1, -0.05) is 77.5 Å². The van der Waals surface area contributed by atoms with Crippen LogP contribution in [0.3, 0.4) is 0 Å². The van der Waals surface area contributed by atoms with E-state index in [-0.39, 0.29) is 5.91 Å². The first-order valence-corrected chi connectivity index (χ1v) is 12.0. The molecule has 4 rings (SSSR count). The fraction of sp³-hybridized carbons (Fsp3) is 0.217. The molecule has 1 aliphatic heterocycles. The van der Waals surface area contributed by atoms with E-state index >= 15 is 0 Å². The lowest BCUT2D eigenvalue weighted by Crippen LogP contribution is -2.31. The first-order valence-electron chi connectivity index (χ1n) is 9.60. The van der Waals surface area contributed by atoms with Gasteiger partial charge in [-0.15, -0.1) is 0 Å². The number of aromatic nitrogens is 1. The maximum absolute atomic E-state index is 12.9. The molecule has 0 bridgehead atoms.